The number of rotatable bonds is 3. The number of benzene rings is 1. The van der Waals surface area contributed by atoms with Gasteiger partial charge >= 0.3 is 0 Å². The molecule has 3 heterocycles. The third-order valence-electron chi connectivity index (χ3n) is 3.80. The average molecular weight is 345 g/mol. The van der Waals surface area contributed by atoms with Gasteiger partial charge in [-0.25, -0.2) is 9.37 Å². The van der Waals surface area contributed by atoms with Crippen molar-refractivity contribution in [2.75, 3.05) is 11.1 Å². The molecule has 24 heavy (non-hydrogen) atoms. The first-order valence-electron chi connectivity index (χ1n) is 7.25. The number of aromatic amines is 1. The quantitative estimate of drug-likeness (QED) is 0.708. The molecule has 1 aliphatic heterocycles. The van der Waals surface area contributed by atoms with Crippen molar-refractivity contribution in [1.29, 1.82) is 0 Å². The van der Waals surface area contributed by atoms with Crippen LogP contribution in [0.1, 0.15) is 12.5 Å². The molecule has 1 atom stereocenters. The fourth-order valence-electron chi connectivity index (χ4n) is 2.67. The van der Waals surface area contributed by atoms with Crippen LogP contribution in [0.15, 0.2) is 40.4 Å². The number of carbonyl (C=O) groups is 1. The Morgan fingerprint density at radius 1 is 1.42 bits per heavy atom. The summed E-state index contributed by atoms with van der Waals surface area (Å²) in [4.78, 5) is 29.1. The van der Waals surface area contributed by atoms with Crippen LogP contribution in [0.25, 0.3) is 11.0 Å². The lowest BCUT2D eigenvalue weighted by molar-refractivity contribution is -0.116. The van der Waals surface area contributed by atoms with Gasteiger partial charge in [0.25, 0.3) is 5.56 Å². The highest BCUT2D eigenvalue weighted by molar-refractivity contribution is 7.99. The Hall–Kier alpha value is -2.68. The maximum absolute atomic E-state index is 12.9. The number of carbonyl (C=O) groups excluding carboxylic acids is 1. The van der Waals surface area contributed by atoms with Crippen LogP contribution in [0.5, 0.6) is 0 Å². The largest absolute Gasteiger partial charge is 0.326 e. The van der Waals surface area contributed by atoms with Gasteiger partial charge in [0, 0.05) is 17.9 Å². The van der Waals surface area contributed by atoms with E-state index in [-0.39, 0.29) is 29.7 Å². The van der Waals surface area contributed by atoms with E-state index in [1.807, 2.05) is 0 Å². The summed E-state index contributed by atoms with van der Waals surface area (Å²) in [6.07, 6.45) is 1.58. The Morgan fingerprint density at radius 3 is 3.00 bits per heavy atom. The molecule has 2 N–H and O–H groups in total. The number of hydrogen-bond acceptors (Lipinski definition) is 5. The van der Waals surface area contributed by atoms with E-state index < -0.39 is 0 Å². The van der Waals surface area contributed by atoms with E-state index in [0.717, 1.165) is 0 Å². The van der Waals surface area contributed by atoms with Crippen molar-refractivity contribution >= 4 is 34.4 Å². The molecule has 0 aliphatic carbocycles. The second-order valence-corrected chi connectivity index (χ2v) is 6.41. The minimum Gasteiger partial charge on any atom is -0.326 e. The Bertz CT molecular complexity index is 982. The van der Waals surface area contributed by atoms with Crippen LogP contribution in [-0.4, -0.2) is 31.4 Å². The number of nitrogens with zero attached hydrogens (tertiary/aromatic N) is 3. The average Bonchev–Trinajstić information content (AvgIpc) is 3.17. The summed E-state index contributed by atoms with van der Waals surface area (Å²) in [6, 6.07) is 5.27. The van der Waals surface area contributed by atoms with Gasteiger partial charge in [-0.3, -0.25) is 19.3 Å². The van der Waals surface area contributed by atoms with Crippen molar-refractivity contribution in [1.82, 2.24) is 19.7 Å². The van der Waals surface area contributed by atoms with Gasteiger partial charge in [-0.1, -0.05) is 11.8 Å². The molecule has 0 fully saturated rings. The molecule has 0 bridgehead atoms. The van der Waals surface area contributed by atoms with Crippen LogP contribution in [0.3, 0.4) is 0 Å². The van der Waals surface area contributed by atoms with Crippen molar-refractivity contribution in [3.8, 4) is 0 Å². The minimum atomic E-state index is -0.365. The summed E-state index contributed by atoms with van der Waals surface area (Å²) in [6.45, 7) is 0. The van der Waals surface area contributed by atoms with Gasteiger partial charge in [0.2, 0.25) is 5.91 Å². The van der Waals surface area contributed by atoms with E-state index in [0.29, 0.717) is 27.6 Å². The lowest BCUT2D eigenvalue weighted by atomic mass is 10.2. The molecule has 0 radical (unpaired) electrons. The van der Waals surface area contributed by atoms with Crippen LogP contribution in [-0.2, 0) is 4.79 Å². The Labute approximate surface area is 139 Å². The van der Waals surface area contributed by atoms with Gasteiger partial charge in [-0.2, -0.15) is 5.10 Å². The van der Waals surface area contributed by atoms with Crippen molar-refractivity contribution < 1.29 is 9.18 Å². The zero-order chi connectivity index (χ0) is 16.7. The zero-order valence-electron chi connectivity index (χ0n) is 12.3. The molecule has 2 aromatic heterocycles. The molecule has 7 nitrogen and oxygen atoms in total. The predicted molar refractivity (Wildman–Crippen MR) is 87.6 cm³/mol. The SMILES string of the molecule is O=C(CC1CSc2nc3[nH]ncc3c(=O)n21)Nc1ccc(F)cc1. The number of nitrogens with one attached hydrogen (secondary N) is 2. The summed E-state index contributed by atoms with van der Waals surface area (Å²) in [5.74, 6) is -0.00539. The van der Waals surface area contributed by atoms with E-state index in [1.54, 1.807) is 4.57 Å². The first kappa shape index (κ1) is 14.9. The summed E-state index contributed by atoms with van der Waals surface area (Å²) >= 11 is 1.43. The standard InChI is InChI=1S/C15H12FN5O2S/c16-8-1-3-9(4-2-8)18-12(22)5-10-7-24-15-19-13-11(6-17-20-13)14(23)21(10)15/h1-4,6,10H,5,7H2,(H,17,20)(H,18,22). The van der Waals surface area contributed by atoms with E-state index >= 15 is 0 Å². The second-order valence-electron chi connectivity index (χ2n) is 5.43. The Kier molecular flexibility index (Phi) is 3.57. The van der Waals surface area contributed by atoms with Gasteiger partial charge in [0.1, 0.15) is 11.2 Å². The number of amides is 1. The molecule has 9 heteroatoms. The number of H-pyrrole nitrogens is 1. The monoisotopic (exact) mass is 345 g/mol. The first-order valence-corrected chi connectivity index (χ1v) is 8.24. The van der Waals surface area contributed by atoms with Crippen LogP contribution in [0.4, 0.5) is 10.1 Å². The van der Waals surface area contributed by atoms with Crippen molar-refractivity contribution in [2.24, 2.45) is 0 Å². The van der Waals surface area contributed by atoms with Crippen molar-refractivity contribution in [3.63, 3.8) is 0 Å². The fourth-order valence-corrected chi connectivity index (χ4v) is 3.80. The third-order valence-corrected chi connectivity index (χ3v) is 4.90. The smallest absolute Gasteiger partial charge is 0.265 e. The molecule has 3 aromatic rings. The molecule has 1 amide bonds. The van der Waals surface area contributed by atoms with E-state index in [1.165, 1.54) is 42.2 Å². The van der Waals surface area contributed by atoms with E-state index in [9.17, 15) is 14.0 Å². The summed E-state index contributed by atoms with van der Waals surface area (Å²) in [5, 5.41) is 10.2. The van der Waals surface area contributed by atoms with Crippen LogP contribution < -0.4 is 10.9 Å². The third kappa shape index (κ3) is 2.56. The van der Waals surface area contributed by atoms with Crippen LogP contribution in [0, 0.1) is 5.82 Å². The fraction of sp³-hybridized carbons (Fsp3) is 0.200. The van der Waals surface area contributed by atoms with E-state index in [4.69, 9.17) is 0 Å². The summed E-state index contributed by atoms with van der Waals surface area (Å²) in [7, 11) is 0. The number of halogens is 1. The lowest BCUT2D eigenvalue weighted by Crippen LogP contribution is -2.27. The molecule has 0 spiro atoms. The molecule has 4 rings (SSSR count). The van der Waals surface area contributed by atoms with Gasteiger partial charge in [-0.05, 0) is 24.3 Å². The highest BCUT2D eigenvalue weighted by Crippen LogP contribution is 2.32. The molecule has 0 saturated carbocycles. The van der Waals surface area contributed by atoms with Crippen LogP contribution >= 0.6 is 11.8 Å². The predicted octanol–water partition coefficient (Wildman–Crippen LogP) is 1.93. The van der Waals surface area contributed by atoms with Gasteiger partial charge in [-0.15, -0.1) is 0 Å². The van der Waals surface area contributed by atoms with E-state index in [2.05, 4.69) is 20.5 Å². The highest BCUT2D eigenvalue weighted by Gasteiger charge is 2.28. The van der Waals surface area contributed by atoms with Crippen LogP contribution in [0.2, 0.25) is 0 Å². The summed E-state index contributed by atoms with van der Waals surface area (Å²) in [5.41, 5.74) is 0.770. The Balaban J connectivity index is 1.56. The molecule has 1 unspecified atom stereocenters. The molecular formula is C15H12FN5O2S. The molecule has 122 valence electrons. The number of hydrogen-bond donors (Lipinski definition) is 2. The van der Waals surface area contributed by atoms with Crippen molar-refractivity contribution in [2.45, 2.75) is 17.6 Å². The zero-order valence-corrected chi connectivity index (χ0v) is 13.1. The normalized spacial score (nSPS) is 16.3. The molecule has 0 saturated heterocycles. The first-order chi connectivity index (χ1) is 11.6. The van der Waals surface area contributed by atoms with Gasteiger partial charge in [0.15, 0.2) is 10.8 Å². The number of thioether (sulfide) groups is 1. The van der Waals surface area contributed by atoms with Gasteiger partial charge in [0.05, 0.1) is 12.2 Å². The molecule has 1 aliphatic rings. The molecule has 1 aromatic carbocycles. The number of anilines is 1. The molecular weight excluding hydrogens is 333 g/mol. The number of fused-ring (bicyclic) bond motifs is 2. The topological polar surface area (TPSA) is 92.7 Å². The lowest BCUT2D eigenvalue weighted by Gasteiger charge is -2.13. The Morgan fingerprint density at radius 2 is 2.21 bits per heavy atom. The minimum absolute atomic E-state index is 0.141. The number of aromatic nitrogens is 4. The van der Waals surface area contributed by atoms with Gasteiger partial charge < -0.3 is 5.32 Å². The maximum Gasteiger partial charge on any atom is 0.265 e. The maximum atomic E-state index is 12.9. The highest BCUT2D eigenvalue weighted by atomic mass is 32.2. The van der Waals surface area contributed by atoms with Crippen molar-refractivity contribution in [3.05, 3.63) is 46.6 Å². The second kappa shape index (κ2) is 5.75. The summed E-state index contributed by atoms with van der Waals surface area (Å²) < 4.78 is 14.4.